The van der Waals surface area contributed by atoms with Crippen molar-refractivity contribution in [2.45, 2.75) is 65.6 Å². The molecule has 0 aliphatic heterocycles. The minimum Gasteiger partial charge on any atom is -0.357 e. The summed E-state index contributed by atoms with van der Waals surface area (Å²) in [4.78, 5) is 18.5. The minimum absolute atomic E-state index is 0.00527. The van der Waals surface area contributed by atoms with Gasteiger partial charge in [0.1, 0.15) is 6.54 Å². The van der Waals surface area contributed by atoms with Crippen molar-refractivity contribution in [3.8, 4) is 0 Å². The van der Waals surface area contributed by atoms with Crippen LogP contribution in [0.1, 0.15) is 47.5 Å². The molecular weight excluding hydrogens is 278 g/mol. The summed E-state index contributed by atoms with van der Waals surface area (Å²) in [5.74, 6) is 0.714. The Balaban J connectivity index is 2.36. The van der Waals surface area contributed by atoms with Gasteiger partial charge in [-0.05, 0) is 47.5 Å². The zero-order chi connectivity index (χ0) is 16.5. The number of hydrogen-bond acceptors (Lipinski definition) is 3. The van der Waals surface area contributed by atoms with Crippen molar-refractivity contribution >= 4 is 11.9 Å². The van der Waals surface area contributed by atoms with Crippen LogP contribution in [-0.2, 0) is 4.79 Å². The second kappa shape index (κ2) is 9.66. The van der Waals surface area contributed by atoms with Crippen LogP contribution in [-0.4, -0.2) is 61.1 Å². The van der Waals surface area contributed by atoms with E-state index in [1.54, 1.807) is 0 Å². The third-order valence-corrected chi connectivity index (χ3v) is 3.66. The zero-order valence-corrected chi connectivity index (χ0v) is 14.8. The normalized spacial score (nSPS) is 15.5. The molecule has 6 heteroatoms. The molecule has 0 aromatic rings. The lowest BCUT2D eigenvalue weighted by Gasteiger charge is -2.30. The molecule has 6 nitrogen and oxygen atoms in total. The molecular formula is C16H33N5O. The molecule has 1 amide bonds. The number of rotatable bonds is 9. The predicted molar refractivity (Wildman–Crippen MR) is 92.1 cm³/mol. The molecule has 1 aliphatic carbocycles. The molecule has 22 heavy (non-hydrogen) atoms. The highest BCUT2D eigenvalue weighted by atomic mass is 16.2. The molecule has 1 rings (SSSR count). The molecule has 1 fully saturated rings. The Bertz CT molecular complexity index is 356. The maximum absolute atomic E-state index is 11.7. The maximum atomic E-state index is 11.7. The Kier molecular flexibility index (Phi) is 8.24. The monoisotopic (exact) mass is 311 g/mol. The molecule has 128 valence electrons. The Morgan fingerprint density at radius 3 is 2.32 bits per heavy atom. The van der Waals surface area contributed by atoms with Gasteiger partial charge >= 0.3 is 0 Å². The van der Waals surface area contributed by atoms with Crippen molar-refractivity contribution in [3.63, 3.8) is 0 Å². The Hall–Kier alpha value is -1.30. The molecule has 0 spiro atoms. The summed E-state index contributed by atoms with van der Waals surface area (Å²) in [7, 11) is 0. The van der Waals surface area contributed by atoms with E-state index in [-0.39, 0.29) is 12.5 Å². The first kappa shape index (κ1) is 18.7. The predicted octanol–water partition coefficient (Wildman–Crippen LogP) is 0.939. The van der Waals surface area contributed by atoms with Gasteiger partial charge in [0.25, 0.3) is 0 Å². The van der Waals surface area contributed by atoms with Crippen LogP contribution < -0.4 is 16.0 Å². The SMILES string of the molecule is CCNC(=NCC(=O)NC1CC1)NCCN(C(C)C)C(C)C. The smallest absolute Gasteiger partial charge is 0.242 e. The second-order valence-corrected chi connectivity index (χ2v) is 6.39. The number of aliphatic imine (C=N–C) groups is 1. The van der Waals surface area contributed by atoms with Crippen molar-refractivity contribution in [2.24, 2.45) is 4.99 Å². The highest BCUT2D eigenvalue weighted by Crippen LogP contribution is 2.18. The van der Waals surface area contributed by atoms with Crippen LogP contribution in [0.4, 0.5) is 0 Å². The average Bonchev–Trinajstić information content (AvgIpc) is 3.23. The van der Waals surface area contributed by atoms with E-state index in [4.69, 9.17) is 0 Å². The summed E-state index contributed by atoms with van der Waals surface area (Å²) in [6, 6.07) is 1.43. The summed E-state index contributed by atoms with van der Waals surface area (Å²) in [5, 5.41) is 9.43. The van der Waals surface area contributed by atoms with E-state index in [1.807, 2.05) is 6.92 Å². The number of carbonyl (C=O) groups excluding carboxylic acids is 1. The van der Waals surface area contributed by atoms with Gasteiger partial charge in [-0.25, -0.2) is 4.99 Å². The van der Waals surface area contributed by atoms with Crippen molar-refractivity contribution in [2.75, 3.05) is 26.2 Å². The Morgan fingerprint density at radius 2 is 1.82 bits per heavy atom. The first-order valence-corrected chi connectivity index (χ1v) is 8.51. The lowest BCUT2D eigenvalue weighted by molar-refractivity contribution is -0.119. The molecule has 0 saturated heterocycles. The van der Waals surface area contributed by atoms with Crippen LogP contribution >= 0.6 is 0 Å². The molecule has 0 aromatic carbocycles. The van der Waals surface area contributed by atoms with Crippen molar-refractivity contribution in [1.29, 1.82) is 0 Å². The van der Waals surface area contributed by atoms with Gasteiger partial charge in [-0.3, -0.25) is 9.69 Å². The third kappa shape index (κ3) is 7.64. The second-order valence-electron chi connectivity index (χ2n) is 6.39. The molecule has 0 heterocycles. The van der Waals surface area contributed by atoms with Gasteiger partial charge in [-0.1, -0.05) is 0 Å². The number of nitrogens with one attached hydrogen (secondary N) is 3. The van der Waals surface area contributed by atoms with Gasteiger partial charge < -0.3 is 16.0 Å². The van der Waals surface area contributed by atoms with Crippen LogP contribution in [0.5, 0.6) is 0 Å². The molecule has 0 bridgehead atoms. The van der Waals surface area contributed by atoms with Crippen LogP contribution in [0.15, 0.2) is 4.99 Å². The molecule has 0 aromatic heterocycles. The summed E-state index contributed by atoms with van der Waals surface area (Å²) in [6.45, 7) is 13.6. The highest BCUT2D eigenvalue weighted by Gasteiger charge is 2.22. The quantitative estimate of drug-likeness (QED) is 0.438. The summed E-state index contributed by atoms with van der Waals surface area (Å²) in [5.41, 5.74) is 0. The van der Waals surface area contributed by atoms with Gasteiger partial charge in [-0.2, -0.15) is 0 Å². The zero-order valence-electron chi connectivity index (χ0n) is 14.8. The standard InChI is InChI=1S/C16H33N5O/c1-6-17-16(19-11-15(22)20-14-7-8-14)18-9-10-21(12(2)3)13(4)5/h12-14H,6-11H2,1-5H3,(H,20,22)(H2,17,18,19). The lowest BCUT2D eigenvalue weighted by Crippen LogP contribution is -2.45. The minimum atomic E-state index is 0.00527. The number of nitrogens with zero attached hydrogens (tertiary/aromatic N) is 2. The molecule has 3 N–H and O–H groups in total. The van der Waals surface area contributed by atoms with Gasteiger partial charge in [0.2, 0.25) is 5.91 Å². The fourth-order valence-electron chi connectivity index (χ4n) is 2.41. The molecule has 1 saturated carbocycles. The van der Waals surface area contributed by atoms with Gasteiger partial charge in [-0.15, -0.1) is 0 Å². The highest BCUT2D eigenvalue weighted by molar-refractivity contribution is 5.85. The van der Waals surface area contributed by atoms with E-state index in [9.17, 15) is 4.79 Å². The van der Waals surface area contributed by atoms with Gasteiger partial charge in [0, 0.05) is 37.8 Å². The van der Waals surface area contributed by atoms with Gasteiger partial charge in [0.15, 0.2) is 5.96 Å². The van der Waals surface area contributed by atoms with Crippen LogP contribution in [0.25, 0.3) is 0 Å². The lowest BCUT2D eigenvalue weighted by atomic mass is 10.2. The first-order chi connectivity index (χ1) is 10.4. The summed E-state index contributed by atoms with van der Waals surface area (Å²) >= 11 is 0. The topological polar surface area (TPSA) is 68.8 Å². The summed E-state index contributed by atoms with van der Waals surface area (Å²) < 4.78 is 0. The van der Waals surface area contributed by atoms with E-state index in [2.05, 4.69) is 53.5 Å². The number of guanidine groups is 1. The number of carbonyl (C=O) groups is 1. The number of amides is 1. The molecule has 0 atom stereocenters. The van der Waals surface area contributed by atoms with Crippen LogP contribution in [0.2, 0.25) is 0 Å². The van der Waals surface area contributed by atoms with Crippen molar-refractivity contribution < 1.29 is 4.79 Å². The molecule has 0 unspecified atom stereocenters. The summed E-state index contributed by atoms with van der Waals surface area (Å²) in [6.07, 6.45) is 2.21. The van der Waals surface area contributed by atoms with Crippen molar-refractivity contribution in [3.05, 3.63) is 0 Å². The van der Waals surface area contributed by atoms with Crippen LogP contribution in [0, 0.1) is 0 Å². The average molecular weight is 311 g/mol. The Morgan fingerprint density at radius 1 is 1.18 bits per heavy atom. The fourth-order valence-corrected chi connectivity index (χ4v) is 2.41. The van der Waals surface area contributed by atoms with E-state index >= 15 is 0 Å². The molecule has 1 aliphatic rings. The van der Waals surface area contributed by atoms with E-state index in [1.165, 1.54) is 0 Å². The van der Waals surface area contributed by atoms with E-state index in [0.717, 1.165) is 32.5 Å². The maximum Gasteiger partial charge on any atom is 0.242 e. The van der Waals surface area contributed by atoms with E-state index in [0.29, 0.717) is 24.1 Å². The van der Waals surface area contributed by atoms with Gasteiger partial charge in [0.05, 0.1) is 0 Å². The molecule has 0 radical (unpaired) electrons. The van der Waals surface area contributed by atoms with E-state index < -0.39 is 0 Å². The Labute approximate surface area is 135 Å². The van der Waals surface area contributed by atoms with Crippen molar-refractivity contribution in [1.82, 2.24) is 20.9 Å². The van der Waals surface area contributed by atoms with Crippen LogP contribution in [0.3, 0.4) is 0 Å². The number of hydrogen-bond donors (Lipinski definition) is 3. The third-order valence-electron chi connectivity index (χ3n) is 3.66. The fraction of sp³-hybridized carbons (Fsp3) is 0.875. The largest absolute Gasteiger partial charge is 0.357 e. The first-order valence-electron chi connectivity index (χ1n) is 8.51.